The van der Waals surface area contributed by atoms with E-state index in [0.717, 1.165) is 5.56 Å². The van der Waals surface area contributed by atoms with Crippen LogP contribution in [0.15, 0.2) is 42.5 Å². The van der Waals surface area contributed by atoms with Gasteiger partial charge in [0, 0.05) is 29.3 Å². The van der Waals surface area contributed by atoms with E-state index in [4.69, 9.17) is 10.5 Å². The van der Waals surface area contributed by atoms with Crippen LogP contribution in [0.4, 0.5) is 5.69 Å². The van der Waals surface area contributed by atoms with E-state index in [0.29, 0.717) is 22.6 Å². The Morgan fingerprint density at radius 2 is 1.88 bits per heavy atom. The van der Waals surface area contributed by atoms with E-state index in [1.165, 1.54) is 12.0 Å². The van der Waals surface area contributed by atoms with Gasteiger partial charge in [0.25, 0.3) is 0 Å². The SMILES string of the molecule is COc1ccccc1CN1C(=O)[C@H]2[C@@H](C1=O)[C@@]1(N[C@@H]2CCC(N)=O)C(=O)Nc2c(C)cccc21. The molecule has 4 atom stereocenters. The Labute approximate surface area is 196 Å². The number of carbonyl (C=O) groups is 4. The quantitative estimate of drug-likeness (QED) is 0.553. The highest BCUT2D eigenvalue weighted by atomic mass is 16.5. The smallest absolute Gasteiger partial charge is 0.250 e. The van der Waals surface area contributed by atoms with Crippen LogP contribution in [0.2, 0.25) is 0 Å². The van der Waals surface area contributed by atoms with Crippen LogP contribution in [-0.2, 0) is 31.3 Å². The maximum absolute atomic E-state index is 13.8. The lowest BCUT2D eigenvalue weighted by molar-refractivity contribution is -0.143. The van der Waals surface area contributed by atoms with Crippen LogP contribution in [0.3, 0.4) is 0 Å². The zero-order valence-corrected chi connectivity index (χ0v) is 19.0. The minimum atomic E-state index is -1.39. The molecule has 4 amide bonds. The first-order valence-corrected chi connectivity index (χ1v) is 11.2. The Kier molecular flexibility index (Phi) is 5.16. The molecule has 3 heterocycles. The average molecular weight is 463 g/mol. The van der Waals surface area contributed by atoms with Crippen LogP contribution in [0.25, 0.3) is 0 Å². The molecule has 9 nitrogen and oxygen atoms in total. The second-order valence-electron chi connectivity index (χ2n) is 9.09. The summed E-state index contributed by atoms with van der Waals surface area (Å²) in [5.74, 6) is -2.82. The predicted molar refractivity (Wildman–Crippen MR) is 122 cm³/mol. The zero-order valence-electron chi connectivity index (χ0n) is 19.0. The number of imide groups is 1. The first-order chi connectivity index (χ1) is 16.3. The van der Waals surface area contributed by atoms with Crippen molar-refractivity contribution in [3.8, 4) is 5.75 Å². The van der Waals surface area contributed by atoms with E-state index in [9.17, 15) is 19.2 Å². The molecule has 3 aliphatic rings. The van der Waals surface area contributed by atoms with Crippen molar-refractivity contribution in [2.45, 2.75) is 37.9 Å². The molecule has 2 fully saturated rings. The number of nitrogens with one attached hydrogen (secondary N) is 2. The fraction of sp³-hybridized carbons (Fsp3) is 0.360. The molecule has 176 valence electrons. The van der Waals surface area contributed by atoms with E-state index in [1.54, 1.807) is 18.2 Å². The van der Waals surface area contributed by atoms with Crippen molar-refractivity contribution in [1.82, 2.24) is 10.2 Å². The number of fused-ring (bicyclic) bond motifs is 4. The van der Waals surface area contributed by atoms with Crippen molar-refractivity contribution in [3.63, 3.8) is 0 Å². The second-order valence-corrected chi connectivity index (χ2v) is 9.09. The molecule has 3 aliphatic heterocycles. The number of hydrogen-bond donors (Lipinski definition) is 3. The number of aryl methyl sites for hydroxylation is 1. The molecule has 0 aromatic heterocycles. The lowest BCUT2D eigenvalue weighted by Crippen LogP contribution is -2.53. The number of rotatable bonds is 6. The van der Waals surface area contributed by atoms with Crippen LogP contribution < -0.4 is 21.1 Å². The molecule has 0 radical (unpaired) electrons. The monoisotopic (exact) mass is 462 g/mol. The van der Waals surface area contributed by atoms with E-state index in [1.807, 2.05) is 31.2 Å². The molecule has 0 saturated carbocycles. The largest absolute Gasteiger partial charge is 0.496 e. The van der Waals surface area contributed by atoms with E-state index in [2.05, 4.69) is 10.6 Å². The molecule has 0 bridgehead atoms. The Bertz CT molecular complexity index is 1230. The van der Waals surface area contributed by atoms with Gasteiger partial charge in [0.2, 0.25) is 23.6 Å². The third kappa shape index (κ3) is 3.03. The number of ether oxygens (including phenoxy) is 1. The molecular weight excluding hydrogens is 436 g/mol. The van der Waals surface area contributed by atoms with Crippen LogP contribution in [-0.4, -0.2) is 41.7 Å². The zero-order chi connectivity index (χ0) is 24.2. The standard InChI is InChI=1S/C25H26N4O5/c1-13-6-5-8-15-21(13)27-24(33)25(15)20-19(16(28-25)10-11-18(26)30)22(31)29(23(20)32)12-14-7-3-4-9-17(14)34-2/h3-9,16,19-20,28H,10-12H2,1-2H3,(H2,26,30)(H,27,33)/t16-,19-,20+,25-/m1/s1. The molecule has 1 spiro atoms. The maximum atomic E-state index is 13.8. The number of nitrogens with two attached hydrogens (primary N) is 1. The average Bonchev–Trinajstić information content (AvgIpc) is 3.40. The van der Waals surface area contributed by atoms with Gasteiger partial charge in [-0.05, 0) is 25.0 Å². The maximum Gasteiger partial charge on any atom is 0.250 e. The van der Waals surface area contributed by atoms with Gasteiger partial charge in [-0.2, -0.15) is 0 Å². The summed E-state index contributed by atoms with van der Waals surface area (Å²) in [6, 6.07) is 12.1. The minimum absolute atomic E-state index is 0.0350. The fourth-order valence-electron chi connectivity index (χ4n) is 5.74. The number of benzene rings is 2. The number of carbonyl (C=O) groups excluding carboxylic acids is 4. The number of nitrogens with zero attached hydrogens (tertiary/aromatic N) is 1. The van der Waals surface area contributed by atoms with Crippen molar-refractivity contribution < 1.29 is 23.9 Å². The Morgan fingerprint density at radius 3 is 2.62 bits per heavy atom. The van der Waals surface area contributed by atoms with Gasteiger partial charge >= 0.3 is 0 Å². The van der Waals surface area contributed by atoms with Crippen LogP contribution in [0.5, 0.6) is 5.75 Å². The van der Waals surface area contributed by atoms with E-state index >= 15 is 0 Å². The number of methoxy groups -OCH3 is 1. The molecule has 9 heteroatoms. The molecule has 0 unspecified atom stereocenters. The van der Waals surface area contributed by atoms with Gasteiger partial charge in [-0.1, -0.05) is 36.4 Å². The summed E-state index contributed by atoms with van der Waals surface area (Å²) >= 11 is 0. The van der Waals surface area contributed by atoms with Gasteiger partial charge < -0.3 is 15.8 Å². The number of hydrogen-bond acceptors (Lipinski definition) is 6. The summed E-state index contributed by atoms with van der Waals surface area (Å²) in [6.07, 6.45) is 0.279. The summed E-state index contributed by atoms with van der Waals surface area (Å²) in [7, 11) is 1.53. The van der Waals surface area contributed by atoms with Gasteiger partial charge in [0.15, 0.2) is 0 Å². The van der Waals surface area contributed by atoms with Gasteiger partial charge in [0.05, 0.1) is 25.5 Å². The Hall–Kier alpha value is -3.72. The van der Waals surface area contributed by atoms with E-state index in [-0.39, 0.29) is 31.2 Å². The van der Waals surface area contributed by atoms with E-state index < -0.39 is 35.2 Å². The summed E-state index contributed by atoms with van der Waals surface area (Å²) in [5.41, 5.74) is 6.84. The predicted octanol–water partition coefficient (Wildman–Crippen LogP) is 1.19. The summed E-state index contributed by atoms with van der Waals surface area (Å²) in [4.78, 5) is 53.7. The van der Waals surface area contributed by atoms with Gasteiger partial charge in [0.1, 0.15) is 11.3 Å². The highest BCUT2D eigenvalue weighted by Crippen LogP contribution is 2.54. The molecule has 4 N–H and O–H groups in total. The summed E-state index contributed by atoms with van der Waals surface area (Å²) < 4.78 is 5.40. The Morgan fingerprint density at radius 1 is 1.12 bits per heavy atom. The molecule has 2 aromatic carbocycles. The lowest BCUT2D eigenvalue weighted by Gasteiger charge is -2.29. The van der Waals surface area contributed by atoms with Crippen molar-refractivity contribution in [1.29, 1.82) is 0 Å². The first kappa shape index (κ1) is 22.1. The van der Waals surface area contributed by atoms with Gasteiger partial charge in [-0.3, -0.25) is 29.4 Å². The molecule has 2 aromatic rings. The molecule has 2 saturated heterocycles. The van der Waals surface area contributed by atoms with Crippen molar-refractivity contribution in [2.24, 2.45) is 17.6 Å². The first-order valence-electron chi connectivity index (χ1n) is 11.2. The molecule has 34 heavy (non-hydrogen) atoms. The number of anilines is 1. The summed E-state index contributed by atoms with van der Waals surface area (Å²) in [6.45, 7) is 1.92. The summed E-state index contributed by atoms with van der Waals surface area (Å²) in [5, 5.41) is 6.23. The van der Waals surface area contributed by atoms with Gasteiger partial charge in [-0.15, -0.1) is 0 Å². The van der Waals surface area contributed by atoms with Crippen LogP contribution in [0.1, 0.15) is 29.5 Å². The van der Waals surface area contributed by atoms with Gasteiger partial charge in [-0.25, -0.2) is 0 Å². The van der Waals surface area contributed by atoms with Crippen molar-refractivity contribution >= 4 is 29.3 Å². The highest BCUT2D eigenvalue weighted by molar-refractivity contribution is 6.15. The van der Waals surface area contributed by atoms with Crippen molar-refractivity contribution in [3.05, 3.63) is 59.2 Å². The number of para-hydroxylation sites is 2. The molecule has 0 aliphatic carbocycles. The van der Waals surface area contributed by atoms with Crippen LogP contribution >= 0.6 is 0 Å². The fourth-order valence-corrected chi connectivity index (χ4v) is 5.74. The number of likely N-dealkylation sites (tertiary alicyclic amines) is 1. The number of amides is 4. The highest BCUT2D eigenvalue weighted by Gasteiger charge is 2.70. The topological polar surface area (TPSA) is 131 Å². The van der Waals surface area contributed by atoms with Crippen molar-refractivity contribution in [2.75, 3.05) is 12.4 Å². The molecule has 5 rings (SSSR count). The second kappa shape index (κ2) is 7.95. The van der Waals surface area contributed by atoms with Crippen LogP contribution in [0, 0.1) is 18.8 Å². The third-order valence-electron chi connectivity index (χ3n) is 7.27. The lowest BCUT2D eigenvalue weighted by atomic mass is 9.76. The third-order valence-corrected chi connectivity index (χ3v) is 7.27. The normalized spacial score (nSPS) is 27.2. The molecular formula is C25H26N4O5. The number of primary amides is 1. The Balaban J connectivity index is 1.59. The minimum Gasteiger partial charge on any atom is -0.496 e.